The van der Waals surface area contributed by atoms with Crippen LogP contribution in [0.4, 0.5) is 0 Å². The van der Waals surface area contributed by atoms with E-state index >= 15 is 0 Å². The van der Waals surface area contributed by atoms with Crippen LogP contribution in [-0.4, -0.2) is 35.3 Å². The van der Waals surface area contributed by atoms with Crippen molar-refractivity contribution in [1.29, 1.82) is 0 Å². The number of benzene rings is 1. The normalized spacial score (nSPS) is 11.3. The second-order valence-corrected chi connectivity index (χ2v) is 6.69. The Balaban J connectivity index is 2.30. The lowest BCUT2D eigenvalue weighted by molar-refractivity contribution is -0.118. The number of amides is 1. The predicted octanol–water partition coefficient (Wildman–Crippen LogP) is 2.89. The monoisotopic (exact) mass is 342 g/mol. The van der Waals surface area contributed by atoms with Gasteiger partial charge in [-0.25, -0.2) is 0 Å². The molecule has 0 saturated heterocycles. The lowest BCUT2D eigenvalue weighted by atomic mass is 9.94. The lowest BCUT2D eigenvalue weighted by Gasteiger charge is -2.26. The van der Waals surface area contributed by atoms with E-state index in [2.05, 4.69) is 5.32 Å². The van der Waals surface area contributed by atoms with Gasteiger partial charge in [-0.1, -0.05) is 25.4 Å². The van der Waals surface area contributed by atoms with E-state index in [1.807, 2.05) is 13.8 Å². The Morgan fingerprint density at radius 1 is 1.18 bits per heavy atom. The average Bonchev–Trinajstić information content (AvgIpc) is 2.53. The first-order chi connectivity index (χ1) is 10.4. The molecule has 22 heavy (non-hydrogen) atoms. The van der Waals surface area contributed by atoms with Crippen LogP contribution in [0.5, 0.6) is 0 Å². The highest BCUT2D eigenvalue weighted by Crippen LogP contribution is 2.13. The number of carbonyl (C=O) groups is 2. The number of nitrogens with two attached hydrogens (primary N) is 1. The van der Waals surface area contributed by atoms with E-state index in [-0.39, 0.29) is 28.7 Å². The Morgan fingerprint density at radius 3 is 2.32 bits per heavy atom. The molecule has 0 bridgehead atoms. The third-order valence-electron chi connectivity index (χ3n) is 3.68. The molecule has 0 fully saturated rings. The maximum absolute atomic E-state index is 11.9. The van der Waals surface area contributed by atoms with Gasteiger partial charge in [-0.2, -0.15) is 0 Å². The molecule has 0 radical (unpaired) electrons. The predicted molar refractivity (Wildman–Crippen MR) is 93.6 cm³/mol. The zero-order valence-electron chi connectivity index (χ0n) is 13.0. The molecular formula is C16H23ClN2O2S. The summed E-state index contributed by atoms with van der Waals surface area (Å²) in [4.78, 5) is 23.7. The highest BCUT2D eigenvalue weighted by Gasteiger charge is 2.20. The van der Waals surface area contributed by atoms with E-state index in [9.17, 15) is 9.59 Å². The first-order valence-electron chi connectivity index (χ1n) is 7.32. The van der Waals surface area contributed by atoms with Crippen molar-refractivity contribution in [3.8, 4) is 0 Å². The number of hydrogen-bond acceptors (Lipinski definition) is 4. The molecule has 0 saturated carbocycles. The maximum Gasteiger partial charge on any atom is 0.230 e. The van der Waals surface area contributed by atoms with E-state index in [0.29, 0.717) is 17.1 Å². The van der Waals surface area contributed by atoms with Crippen molar-refractivity contribution in [3.05, 3.63) is 34.9 Å². The van der Waals surface area contributed by atoms with E-state index in [4.69, 9.17) is 17.3 Å². The second kappa shape index (κ2) is 9.18. The molecule has 0 aliphatic rings. The number of ketones is 1. The van der Waals surface area contributed by atoms with Crippen molar-refractivity contribution in [1.82, 2.24) is 5.32 Å². The number of nitrogens with one attached hydrogen (secondary N) is 1. The van der Waals surface area contributed by atoms with Crippen molar-refractivity contribution in [2.24, 2.45) is 5.73 Å². The van der Waals surface area contributed by atoms with E-state index in [0.717, 1.165) is 12.8 Å². The second-order valence-electron chi connectivity index (χ2n) is 5.27. The SMILES string of the molecule is CCC(N)(CC)CNC(=O)CSCC(=O)c1ccc(Cl)cc1. The van der Waals surface area contributed by atoms with Gasteiger partial charge < -0.3 is 11.1 Å². The topological polar surface area (TPSA) is 72.2 Å². The van der Waals surface area contributed by atoms with Crippen molar-refractivity contribution < 1.29 is 9.59 Å². The zero-order chi connectivity index (χ0) is 16.6. The third-order valence-corrected chi connectivity index (χ3v) is 4.86. The fourth-order valence-corrected chi connectivity index (χ4v) is 2.65. The Bertz CT molecular complexity index is 501. The summed E-state index contributed by atoms with van der Waals surface area (Å²) in [6.45, 7) is 4.48. The minimum atomic E-state index is -0.348. The van der Waals surface area contributed by atoms with E-state index in [1.54, 1.807) is 24.3 Å². The summed E-state index contributed by atoms with van der Waals surface area (Å²) >= 11 is 7.08. The summed E-state index contributed by atoms with van der Waals surface area (Å²) in [5.74, 6) is 0.420. The van der Waals surface area contributed by atoms with Gasteiger partial charge in [0.05, 0.1) is 11.5 Å². The van der Waals surface area contributed by atoms with Gasteiger partial charge in [0.1, 0.15) is 0 Å². The molecule has 1 aromatic carbocycles. The van der Waals surface area contributed by atoms with E-state index in [1.165, 1.54) is 11.8 Å². The fourth-order valence-electron chi connectivity index (χ4n) is 1.78. The van der Waals surface area contributed by atoms with Crippen LogP contribution in [0.3, 0.4) is 0 Å². The Labute approximate surface area is 141 Å². The van der Waals surface area contributed by atoms with Crippen molar-refractivity contribution in [2.45, 2.75) is 32.2 Å². The number of halogens is 1. The summed E-state index contributed by atoms with van der Waals surface area (Å²) in [5.41, 5.74) is 6.38. The summed E-state index contributed by atoms with van der Waals surface area (Å²) in [6, 6.07) is 6.75. The summed E-state index contributed by atoms with van der Waals surface area (Å²) in [7, 11) is 0. The molecule has 1 amide bonds. The lowest BCUT2D eigenvalue weighted by Crippen LogP contribution is -2.49. The van der Waals surface area contributed by atoms with Crippen LogP contribution in [0.15, 0.2) is 24.3 Å². The standard InChI is InChI=1S/C16H23ClN2O2S/c1-3-16(18,4-2)11-19-15(21)10-22-9-14(20)12-5-7-13(17)8-6-12/h5-8H,3-4,9-11,18H2,1-2H3,(H,19,21). The van der Waals surface area contributed by atoms with Crippen LogP contribution in [0.1, 0.15) is 37.0 Å². The number of rotatable bonds is 9. The molecule has 4 nitrogen and oxygen atoms in total. The van der Waals surface area contributed by atoms with Gasteiger partial charge in [0, 0.05) is 22.7 Å². The quantitative estimate of drug-likeness (QED) is 0.677. The Morgan fingerprint density at radius 2 is 1.77 bits per heavy atom. The van der Waals surface area contributed by atoms with Crippen molar-refractivity contribution in [2.75, 3.05) is 18.1 Å². The van der Waals surface area contributed by atoms with Gasteiger partial charge >= 0.3 is 0 Å². The molecule has 122 valence electrons. The molecular weight excluding hydrogens is 320 g/mol. The summed E-state index contributed by atoms with van der Waals surface area (Å²) in [5, 5.41) is 3.43. The molecule has 1 rings (SSSR count). The summed E-state index contributed by atoms with van der Waals surface area (Å²) in [6.07, 6.45) is 1.62. The van der Waals surface area contributed by atoms with Gasteiger partial charge in [-0.3, -0.25) is 9.59 Å². The molecule has 1 aromatic rings. The molecule has 0 aliphatic carbocycles. The van der Waals surface area contributed by atoms with Gasteiger partial charge in [0.2, 0.25) is 5.91 Å². The van der Waals surface area contributed by atoms with Crippen LogP contribution in [0, 0.1) is 0 Å². The highest BCUT2D eigenvalue weighted by molar-refractivity contribution is 8.00. The first-order valence-corrected chi connectivity index (χ1v) is 8.85. The Kier molecular flexibility index (Phi) is 7.93. The minimum absolute atomic E-state index is 0.00949. The molecule has 0 unspecified atom stereocenters. The van der Waals surface area contributed by atoms with Crippen LogP contribution in [0.2, 0.25) is 5.02 Å². The largest absolute Gasteiger partial charge is 0.354 e. The Hall–Kier alpha value is -1.04. The van der Waals surface area contributed by atoms with Crippen LogP contribution in [-0.2, 0) is 4.79 Å². The van der Waals surface area contributed by atoms with Crippen LogP contribution in [0.25, 0.3) is 0 Å². The van der Waals surface area contributed by atoms with Gasteiger partial charge in [0.25, 0.3) is 0 Å². The van der Waals surface area contributed by atoms with Crippen molar-refractivity contribution in [3.63, 3.8) is 0 Å². The number of carbonyl (C=O) groups excluding carboxylic acids is 2. The average molecular weight is 343 g/mol. The van der Waals surface area contributed by atoms with E-state index < -0.39 is 0 Å². The highest BCUT2D eigenvalue weighted by atomic mass is 35.5. The smallest absolute Gasteiger partial charge is 0.230 e. The number of thioether (sulfide) groups is 1. The zero-order valence-corrected chi connectivity index (χ0v) is 14.6. The van der Waals surface area contributed by atoms with Crippen LogP contribution < -0.4 is 11.1 Å². The first kappa shape index (κ1) is 19.0. The molecule has 0 spiro atoms. The fraction of sp³-hybridized carbons (Fsp3) is 0.500. The molecule has 0 aliphatic heterocycles. The molecule has 3 N–H and O–H groups in total. The van der Waals surface area contributed by atoms with Gasteiger partial charge in [-0.05, 0) is 37.1 Å². The number of hydrogen-bond donors (Lipinski definition) is 2. The molecule has 0 atom stereocenters. The number of Topliss-reactive ketones (excluding diaryl/α,β-unsaturated/α-hetero) is 1. The van der Waals surface area contributed by atoms with Crippen LogP contribution >= 0.6 is 23.4 Å². The molecule has 6 heteroatoms. The molecule has 0 aromatic heterocycles. The maximum atomic E-state index is 11.9. The molecule has 0 heterocycles. The third kappa shape index (κ3) is 6.38. The van der Waals surface area contributed by atoms with Crippen molar-refractivity contribution >= 4 is 35.1 Å². The summed E-state index contributed by atoms with van der Waals surface area (Å²) < 4.78 is 0. The minimum Gasteiger partial charge on any atom is -0.354 e. The van der Waals surface area contributed by atoms with Gasteiger partial charge in [-0.15, -0.1) is 11.8 Å². The van der Waals surface area contributed by atoms with Gasteiger partial charge in [0.15, 0.2) is 5.78 Å².